The highest BCUT2D eigenvalue weighted by Gasteiger charge is 2.32. The van der Waals surface area contributed by atoms with Gasteiger partial charge in [0.1, 0.15) is 0 Å². The Morgan fingerprint density at radius 1 is 1.42 bits per heavy atom. The summed E-state index contributed by atoms with van der Waals surface area (Å²) in [6.07, 6.45) is -3.54. The molecular formula is C5H10F3O3P. The lowest BCUT2D eigenvalue weighted by Gasteiger charge is -2.06. The minimum atomic E-state index is -4.87. The maximum absolute atomic E-state index is 11.3. The Bertz CT molecular complexity index is 147. The van der Waals surface area contributed by atoms with E-state index in [0.717, 1.165) is 6.42 Å². The largest absolute Gasteiger partial charge is 0.529 e. The van der Waals surface area contributed by atoms with Crippen LogP contribution in [0, 0.1) is 0 Å². The maximum atomic E-state index is 11.3. The average molecular weight is 206 g/mol. The topological polar surface area (TPSA) is 35.5 Å². The van der Waals surface area contributed by atoms with Gasteiger partial charge in [0.25, 0.3) is 0 Å². The Kier molecular flexibility index (Phi) is 5.53. The third-order valence-corrected chi connectivity index (χ3v) is 1.75. The van der Waals surface area contributed by atoms with Crippen molar-refractivity contribution < 1.29 is 26.8 Å². The summed E-state index contributed by atoms with van der Waals surface area (Å²) in [6, 6.07) is 0. The van der Waals surface area contributed by atoms with Crippen LogP contribution in [-0.4, -0.2) is 13.0 Å². The van der Waals surface area contributed by atoms with Gasteiger partial charge in [0, 0.05) is 0 Å². The van der Waals surface area contributed by atoms with Gasteiger partial charge in [0.05, 0.1) is 6.61 Å². The van der Waals surface area contributed by atoms with Crippen molar-refractivity contribution in [1.82, 2.24) is 0 Å². The second-order valence-corrected chi connectivity index (χ2v) is 2.99. The van der Waals surface area contributed by atoms with Gasteiger partial charge in [-0.05, 0) is 6.42 Å². The molecule has 0 aliphatic heterocycles. The van der Waals surface area contributed by atoms with Crippen LogP contribution < -0.4 is 0 Å². The summed E-state index contributed by atoms with van der Waals surface area (Å²) in [5.41, 5.74) is 0. The predicted molar refractivity (Wildman–Crippen MR) is 37.0 cm³/mol. The molecule has 0 aromatic carbocycles. The van der Waals surface area contributed by atoms with Crippen molar-refractivity contribution in [3.05, 3.63) is 0 Å². The van der Waals surface area contributed by atoms with Gasteiger partial charge in [-0.15, -0.1) is 13.2 Å². The van der Waals surface area contributed by atoms with E-state index in [1.165, 1.54) is 0 Å². The molecule has 0 aromatic heterocycles. The zero-order valence-corrected chi connectivity index (χ0v) is 7.48. The minimum absolute atomic E-state index is 0.0321. The van der Waals surface area contributed by atoms with Crippen LogP contribution in [0.2, 0.25) is 0 Å². The van der Waals surface area contributed by atoms with Crippen molar-refractivity contribution in [3.8, 4) is 0 Å². The van der Waals surface area contributed by atoms with Crippen molar-refractivity contribution in [2.75, 3.05) is 6.61 Å². The molecule has 0 aliphatic rings. The molecule has 74 valence electrons. The van der Waals surface area contributed by atoms with Crippen LogP contribution in [0.1, 0.15) is 19.8 Å². The van der Waals surface area contributed by atoms with Crippen molar-refractivity contribution in [2.24, 2.45) is 0 Å². The van der Waals surface area contributed by atoms with Crippen molar-refractivity contribution in [1.29, 1.82) is 0 Å². The number of alkyl halides is 3. The minimum Gasteiger partial charge on any atom is -0.310 e. The fourth-order valence-corrected chi connectivity index (χ4v) is 0.983. The highest BCUT2D eigenvalue weighted by molar-refractivity contribution is 7.33. The zero-order chi connectivity index (χ0) is 9.61. The van der Waals surface area contributed by atoms with Crippen LogP contribution >= 0.6 is 8.25 Å². The van der Waals surface area contributed by atoms with Gasteiger partial charge in [-0.3, -0.25) is 4.57 Å². The first-order valence-corrected chi connectivity index (χ1v) is 4.60. The van der Waals surface area contributed by atoms with E-state index >= 15 is 0 Å². The van der Waals surface area contributed by atoms with Crippen LogP contribution in [0.4, 0.5) is 13.2 Å². The first-order valence-electron chi connectivity index (χ1n) is 3.38. The molecule has 12 heavy (non-hydrogen) atoms. The molecular weight excluding hydrogens is 196 g/mol. The predicted octanol–water partition coefficient (Wildman–Crippen LogP) is 2.73. The van der Waals surface area contributed by atoms with E-state index in [0.29, 0.717) is 6.42 Å². The molecule has 0 N–H and O–H groups in total. The highest BCUT2D eigenvalue weighted by atomic mass is 31.1. The first kappa shape index (κ1) is 11.9. The van der Waals surface area contributed by atoms with Crippen LogP contribution in [-0.2, 0) is 13.6 Å². The molecule has 0 radical (unpaired) electrons. The summed E-state index contributed by atoms with van der Waals surface area (Å²) in [5.74, 6) is 0. The summed E-state index contributed by atoms with van der Waals surface area (Å²) in [7, 11) is -3.39. The van der Waals surface area contributed by atoms with Crippen LogP contribution in [0.25, 0.3) is 0 Å². The molecule has 0 rings (SSSR count). The second-order valence-electron chi connectivity index (χ2n) is 2.00. The van der Waals surface area contributed by atoms with Gasteiger partial charge in [-0.1, -0.05) is 13.3 Å². The van der Waals surface area contributed by atoms with Crippen LogP contribution in [0.3, 0.4) is 0 Å². The van der Waals surface area contributed by atoms with E-state index in [9.17, 15) is 17.7 Å². The number of hydrogen-bond donors (Lipinski definition) is 0. The van der Waals surface area contributed by atoms with E-state index in [2.05, 4.69) is 9.05 Å². The summed E-state index contributed by atoms with van der Waals surface area (Å²) in [6.45, 7) is 1.87. The summed E-state index contributed by atoms with van der Waals surface area (Å²) in [4.78, 5) is 0. The Morgan fingerprint density at radius 3 is 2.42 bits per heavy atom. The van der Waals surface area contributed by atoms with Gasteiger partial charge in [0.2, 0.25) is 0 Å². The summed E-state index contributed by atoms with van der Waals surface area (Å²) in [5, 5.41) is 0. The third-order valence-electron chi connectivity index (χ3n) is 0.917. The number of halogens is 3. The Morgan fingerprint density at radius 2 is 2.00 bits per heavy atom. The van der Waals surface area contributed by atoms with E-state index in [-0.39, 0.29) is 6.61 Å². The molecule has 0 saturated carbocycles. The van der Waals surface area contributed by atoms with Gasteiger partial charge in [0.15, 0.2) is 0 Å². The quantitative estimate of drug-likeness (QED) is 0.512. The van der Waals surface area contributed by atoms with Crippen LogP contribution in [0.15, 0.2) is 0 Å². The number of unbranched alkanes of at least 4 members (excludes halogenated alkanes) is 1. The van der Waals surface area contributed by atoms with Gasteiger partial charge in [-0.2, -0.15) is 0 Å². The van der Waals surface area contributed by atoms with E-state index in [4.69, 9.17) is 0 Å². The van der Waals surface area contributed by atoms with Crippen molar-refractivity contribution in [2.45, 2.75) is 26.1 Å². The SMILES string of the molecule is CCCCO[PH](=O)OC(F)(F)F. The first-order chi connectivity index (χ1) is 5.45. The summed E-state index contributed by atoms with van der Waals surface area (Å²) >= 11 is 0. The molecule has 0 saturated heterocycles. The molecule has 0 heterocycles. The smallest absolute Gasteiger partial charge is 0.310 e. The number of rotatable bonds is 5. The van der Waals surface area contributed by atoms with E-state index in [1.807, 2.05) is 6.92 Å². The standard InChI is InChI=1S/C5H10F3O3P/c1-2-3-4-10-12(9)11-5(6,7)8/h12H,2-4H2,1H3. The fourth-order valence-electron chi connectivity index (χ4n) is 0.424. The molecule has 0 amide bonds. The van der Waals surface area contributed by atoms with E-state index in [1.54, 1.807) is 0 Å². The van der Waals surface area contributed by atoms with Crippen LogP contribution in [0.5, 0.6) is 0 Å². The summed E-state index contributed by atoms with van der Waals surface area (Å²) < 4.78 is 51.7. The lowest BCUT2D eigenvalue weighted by Crippen LogP contribution is -2.08. The monoisotopic (exact) mass is 206 g/mol. The number of hydrogen-bond acceptors (Lipinski definition) is 3. The Hall–Kier alpha value is -0.0600. The van der Waals surface area contributed by atoms with Crippen molar-refractivity contribution in [3.63, 3.8) is 0 Å². The maximum Gasteiger partial charge on any atom is 0.529 e. The molecule has 1 unspecified atom stereocenters. The van der Waals surface area contributed by atoms with Gasteiger partial charge in [-0.25, -0.2) is 4.52 Å². The molecule has 0 aliphatic carbocycles. The molecule has 7 heteroatoms. The normalized spacial score (nSPS) is 14.7. The molecule has 0 fully saturated rings. The molecule has 0 aromatic rings. The molecule has 0 spiro atoms. The molecule has 0 bridgehead atoms. The van der Waals surface area contributed by atoms with Crippen molar-refractivity contribution >= 4 is 8.25 Å². The third kappa shape index (κ3) is 8.04. The Labute approximate surface area is 68.8 Å². The molecule has 3 nitrogen and oxygen atoms in total. The average Bonchev–Trinajstić information content (AvgIpc) is 1.84. The fraction of sp³-hybridized carbons (Fsp3) is 1.00. The zero-order valence-electron chi connectivity index (χ0n) is 6.48. The lowest BCUT2D eigenvalue weighted by atomic mass is 10.4. The Balaban J connectivity index is 3.47. The van der Waals surface area contributed by atoms with E-state index < -0.39 is 14.6 Å². The molecule has 1 atom stereocenters. The highest BCUT2D eigenvalue weighted by Crippen LogP contribution is 2.34. The van der Waals surface area contributed by atoms with Gasteiger partial charge < -0.3 is 4.52 Å². The van der Waals surface area contributed by atoms with Gasteiger partial charge >= 0.3 is 14.6 Å². The second kappa shape index (κ2) is 5.56. The lowest BCUT2D eigenvalue weighted by molar-refractivity contribution is -0.275.